The smallest absolute Gasteiger partial charge is 0.267 e. The molecule has 88 valence electrons. The van der Waals surface area contributed by atoms with E-state index in [1.165, 1.54) is 6.92 Å². The van der Waals surface area contributed by atoms with Gasteiger partial charge in [0.15, 0.2) is 0 Å². The second-order valence-electron chi connectivity index (χ2n) is 3.69. The van der Waals surface area contributed by atoms with Crippen molar-refractivity contribution in [1.29, 1.82) is 0 Å². The molecule has 0 aromatic heterocycles. The van der Waals surface area contributed by atoms with Gasteiger partial charge in [-0.3, -0.25) is 9.35 Å². The fraction of sp³-hybridized carbons (Fsp3) is 0.667. The first kappa shape index (κ1) is 14.1. The van der Waals surface area contributed by atoms with Gasteiger partial charge in [-0.25, -0.2) is 0 Å². The fourth-order valence-electron chi connectivity index (χ4n) is 0.864. The fourth-order valence-corrected chi connectivity index (χ4v) is 1.55. The van der Waals surface area contributed by atoms with Crippen LogP contribution in [0.15, 0.2) is 12.2 Å². The minimum absolute atomic E-state index is 0.187. The van der Waals surface area contributed by atoms with Crippen LogP contribution in [0.4, 0.5) is 0 Å². The summed E-state index contributed by atoms with van der Waals surface area (Å²) in [6.45, 7) is 8.23. The van der Waals surface area contributed by atoms with E-state index in [-0.39, 0.29) is 18.4 Å². The zero-order valence-corrected chi connectivity index (χ0v) is 9.97. The SMILES string of the molecule is C=C(C)C(=O)NCC(C)C(C)S(=O)(=O)O. The summed E-state index contributed by atoms with van der Waals surface area (Å²) >= 11 is 0. The molecule has 0 aliphatic rings. The summed E-state index contributed by atoms with van der Waals surface area (Å²) in [7, 11) is -4.04. The maximum absolute atomic E-state index is 11.1. The normalized spacial score (nSPS) is 15.5. The van der Waals surface area contributed by atoms with Crippen molar-refractivity contribution in [3.05, 3.63) is 12.2 Å². The van der Waals surface area contributed by atoms with Crippen LogP contribution in [-0.4, -0.2) is 30.7 Å². The third-order valence-corrected chi connectivity index (χ3v) is 3.65. The first-order chi connectivity index (χ1) is 6.66. The van der Waals surface area contributed by atoms with Crippen LogP contribution in [0.3, 0.4) is 0 Å². The average Bonchev–Trinajstić information content (AvgIpc) is 2.10. The van der Waals surface area contributed by atoms with Gasteiger partial charge in [-0.2, -0.15) is 8.42 Å². The highest BCUT2D eigenvalue weighted by Crippen LogP contribution is 2.09. The highest BCUT2D eigenvalue weighted by Gasteiger charge is 2.24. The zero-order valence-electron chi connectivity index (χ0n) is 9.15. The van der Waals surface area contributed by atoms with Crippen LogP contribution in [-0.2, 0) is 14.9 Å². The van der Waals surface area contributed by atoms with E-state index in [4.69, 9.17) is 4.55 Å². The lowest BCUT2D eigenvalue weighted by Gasteiger charge is -2.17. The number of hydrogen-bond donors (Lipinski definition) is 2. The Bertz CT molecular complexity index is 347. The summed E-state index contributed by atoms with van der Waals surface area (Å²) in [5.41, 5.74) is 0.363. The Morgan fingerprint density at radius 2 is 1.93 bits per heavy atom. The zero-order chi connectivity index (χ0) is 12.2. The van der Waals surface area contributed by atoms with Crippen LogP contribution < -0.4 is 5.32 Å². The van der Waals surface area contributed by atoms with Crippen molar-refractivity contribution < 1.29 is 17.8 Å². The summed E-state index contributed by atoms with van der Waals surface area (Å²) < 4.78 is 30.3. The number of carbonyl (C=O) groups is 1. The van der Waals surface area contributed by atoms with E-state index in [0.717, 1.165) is 0 Å². The number of carbonyl (C=O) groups excluding carboxylic acids is 1. The maximum atomic E-state index is 11.1. The molecule has 0 saturated heterocycles. The topological polar surface area (TPSA) is 83.5 Å². The minimum Gasteiger partial charge on any atom is -0.352 e. The Morgan fingerprint density at radius 1 is 1.47 bits per heavy atom. The van der Waals surface area contributed by atoms with Crippen LogP contribution in [0.2, 0.25) is 0 Å². The van der Waals surface area contributed by atoms with Gasteiger partial charge in [0, 0.05) is 12.1 Å². The van der Waals surface area contributed by atoms with Crippen LogP contribution in [0.25, 0.3) is 0 Å². The first-order valence-electron chi connectivity index (χ1n) is 4.56. The summed E-state index contributed by atoms with van der Waals surface area (Å²) in [6.07, 6.45) is 0. The Kier molecular flexibility index (Phi) is 4.96. The molecule has 1 amide bonds. The summed E-state index contributed by atoms with van der Waals surface area (Å²) in [4.78, 5) is 11.1. The largest absolute Gasteiger partial charge is 0.352 e. The highest BCUT2D eigenvalue weighted by atomic mass is 32.2. The van der Waals surface area contributed by atoms with Crippen molar-refractivity contribution in [2.75, 3.05) is 6.54 Å². The van der Waals surface area contributed by atoms with Gasteiger partial charge in [0.25, 0.3) is 10.1 Å². The summed E-state index contributed by atoms with van der Waals surface area (Å²) in [5, 5.41) is 1.62. The molecule has 0 aliphatic heterocycles. The van der Waals surface area contributed by atoms with Crippen molar-refractivity contribution in [2.24, 2.45) is 5.92 Å². The van der Waals surface area contributed by atoms with Gasteiger partial charge < -0.3 is 5.32 Å². The van der Waals surface area contributed by atoms with E-state index in [1.807, 2.05) is 0 Å². The van der Waals surface area contributed by atoms with E-state index in [2.05, 4.69) is 11.9 Å². The Hall–Kier alpha value is -0.880. The lowest BCUT2D eigenvalue weighted by atomic mass is 10.1. The molecular weight excluding hydrogens is 218 g/mol. The number of nitrogens with one attached hydrogen (secondary N) is 1. The van der Waals surface area contributed by atoms with E-state index < -0.39 is 15.4 Å². The molecule has 2 atom stereocenters. The van der Waals surface area contributed by atoms with Gasteiger partial charge in [0.05, 0.1) is 5.25 Å². The van der Waals surface area contributed by atoms with E-state index in [0.29, 0.717) is 5.57 Å². The van der Waals surface area contributed by atoms with Crippen molar-refractivity contribution in [3.63, 3.8) is 0 Å². The molecule has 2 unspecified atom stereocenters. The molecule has 0 aliphatic carbocycles. The molecule has 0 fully saturated rings. The minimum atomic E-state index is -4.04. The molecule has 0 heterocycles. The number of rotatable bonds is 5. The second kappa shape index (κ2) is 5.27. The van der Waals surface area contributed by atoms with Crippen LogP contribution in [0.1, 0.15) is 20.8 Å². The van der Waals surface area contributed by atoms with Gasteiger partial charge in [-0.15, -0.1) is 0 Å². The lowest BCUT2D eigenvalue weighted by Crippen LogP contribution is -2.35. The van der Waals surface area contributed by atoms with Crippen LogP contribution >= 0.6 is 0 Å². The Balaban J connectivity index is 4.22. The van der Waals surface area contributed by atoms with Crippen LogP contribution in [0, 0.1) is 5.92 Å². The molecule has 0 spiro atoms. The highest BCUT2D eigenvalue weighted by molar-refractivity contribution is 7.86. The summed E-state index contributed by atoms with van der Waals surface area (Å²) in [5.74, 6) is -0.673. The van der Waals surface area contributed by atoms with Gasteiger partial charge in [-0.1, -0.05) is 13.5 Å². The third kappa shape index (κ3) is 4.94. The van der Waals surface area contributed by atoms with Crippen molar-refractivity contribution in [3.8, 4) is 0 Å². The van der Waals surface area contributed by atoms with Gasteiger partial charge in [0.2, 0.25) is 5.91 Å². The van der Waals surface area contributed by atoms with Crippen molar-refractivity contribution >= 4 is 16.0 Å². The lowest BCUT2D eigenvalue weighted by molar-refractivity contribution is -0.117. The predicted molar refractivity (Wildman–Crippen MR) is 58.0 cm³/mol. The third-order valence-electron chi connectivity index (χ3n) is 2.24. The predicted octanol–water partition coefficient (Wildman–Crippen LogP) is 0.591. The molecule has 0 aromatic rings. The van der Waals surface area contributed by atoms with Gasteiger partial charge in [-0.05, 0) is 19.8 Å². The summed E-state index contributed by atoms with van der Waals surface area (Å²) in [6, 6.07) is 0. The maximum Gasteiger partial charge on any atom is 0.267 e. The number of amides is 1. The molecule has 0 bridgehead atoms. The van der Waals surface area contributed by atoms with Crippen molar-refractivity contribution in [2.45, 2.75) is 26.0 Å². The molecule has 5 nitrogen and oxygen atoms in total. The standard InChI is InChI=1S/C9H17NO4S/c1-6(2)9(11)10-5-7(3)8(4)15(12,13)14/h7-8H,1,5H2,2-4H3,(H,10,11)(H,12,13,14). The second-order valence-corrected chi connectivity index (χ2v) is 5.46. The van der Waals surface area contributed by atoms with E-state index in [9.17, 15) is 13.2 Å². The van der Waals surface area contributed by atoms with Gasteiger partial charge >= 0.3 is 0 Å². The molecule has 0 aromatic carbocycles. The van der Waals surface area contributed by atoms with Gasteiger partial charge in [0.1, 0.15) is 0 Å². The monoisotopic (exact) mass is 235 g/mol. The van der Waals surface area contributed by atoms with Crippen LogP contribution in [0.5, 0.6) is 0 Å². The molecule has 2 N–H and O–H groups in total. The van der Waals surface area contributed by atoms with E-state index >= 15 is 0 Å². The quantitative estimate of drug-likeness (QED) is 0.539. The van der Waals surface area contributed by atoms with Crippen molar-refractivity contribution in [1.82, 2.24) is 5.32 Å². The number of hydrogen-bond acceptors (Lipinski definition) is 3. The van der Waals surface area contributed by atoms with E-state index in [1.54, 1.807) is 13.8 Å². The Labute approximate surface area is 90.3 Å². The molecule has 6 heteroatoms. The Morgan fingerprint density at radius 3 is 2.27 bits per heavy atom. The first-order valence-corrected chi connectivity index (χ1v) is 6.06. The molecule has 15 heavy (non-hydrogen) atoms. The average molecular weight is 235 g/mol. The molecule has 0 rings (SSSR count). The molecule has 0 saturated carbocycles. The molecular formula is C9H17NO4S. The molecule has 0 radical (unpaired) electrons.